The molecule has 0 aliphatic carbocycles. The van der Waals surface area contributed by atoms with E-state index in [-0.39, 0.29) is 23.2 Å². The molecule has 0 atom stereocenters. The van der Waals surface area contributed by atoms with Gasteiger partial charge in [0.15, 0.2) is 0 Å². The Morgan fingerprint density at radius 1 is 1.08 bits per heavy atom. The van der Waals surface area contributed by atoms with Crippen LogP contribution in [0.5, 0.6) is 0 Å². The Morgan fingerprint density at radius 3 is 2.24 bits per heavy atom. The molecule has 0 spiro atoms. The number of aryl methyl sites for hydroxylation is 1. The number of hydrogen-bond acceptors (Lipinski definition) is 4. The number of halogens is 1. The number of anilines is 2. The molecule has 0 aliphatic heterocycles. The zero-order valence-corrected chi connectivity index (χ0v) is 15.0. The number of nitrogens with one attached hydrogen (secondary N) is 2. The molecule has 2 rings (SSSR count). The molecule has 0 bridgehead atoms. The zero-order valence-electron chi connectivity index (χ0n) is 14.2. The lowest BCUT2D eigenvalue weighted by molar-refractivity contribution is -0.114. The highest BCUT2D eigenvalue weighted by Crippen LogP contribution is 2.17. The van der Waals surface area contributed by atoms with E-state index in [9.17, 15) is 17.6 Å². The van der Waals surface area contributed by atoms with Crippen molar-refractivity contribution in [2.24, 2.45) is 0 Å². The van der Waals surface area contributed by atoms with Crippen LogP contribution < -0.4 is 10.6 Å². The Balaban J connectivity index is 1.95. The molecule has 0 heterocycles. The van der Waals surface area contributed by atoms with Crippen molar-refractivity contribution in [1.29, 1.82) is 0 Å². The predicted octanol–water partition coefficient (Wildman–Crippen LogP) is 2.44. The molecule has 0 unspecified atom stereocenters. The fourth-order valence-electron chi connectivity index (χ4n) is 2.01. The average molecular weight is 365 g/mol. The van der Waals surface area contributed by atoms with E-state index in [0.29, 0.717) is 16.9 Å². The summed E-state index contributed by atoms with van der Waals surface area (Å²) in [4.78, 5) is 12.1. The van der Waals surface area contributed by atoms with Gasteiger partial charge in [0.1, 0.15) is 5.82 Å². The first kappa shape index (κ1) is 18.9. The van der Waals surface area contributed by atoms with E-state index in [1.165, 1.54) is 44.4 Å². The van der Waals surface area contributed by atoms with Crippen LogP contribution in [0.4, 0.5) is 15.8 Å². The first-order valence-corrected chi connectivity index (χ1v) is 8.96. The van der Waals surface area contributed by atoms with Gasteiger partial charge >= 0.3 is 0 Å². The van der Waals surface area contributed by atoms with Gasteiger partial charge in [-0.15, -0.1) is 0 Å². The van der Waals surface area contributed by atoms with Crippen LogP contribution in [0.2, 0.25) is 0 Å². The molecular formula is C17H20FN3O3S. The van der Waals surface area contributed by atoms with Crippen LogP contribution in [0.1, 0.15) is 5.56 Å². The first-order chi connectivity index (χ1) is 11.7. The molecule has 0 fully saturated rings. The second kappa shape index (κ2) is 7.62. The minimum Gasteiger partial charge on any atom is -0.376 e. The van der Waals surface area contributed by atoms with Gasteiger partial charge in [0.2, 0.25) is 15.9 Å². The van der Waals surface area contributed by atoms with Crippen molar-refractivity contribution in [3.63, 3.8) is 0 Å². The summed E-state index contributed by atoms with van der Waals surface area (Å²) in [6.07, 6.45) is 0. The Hall–Kier alpha value is -2.45. The maximum absolute atomic E-state index is 13.4. The lowest BCUT2D eigenvalue weighted by Gasteiger charge is -2.12. The highest BCUT2D eigenvalue weighted by atomic mass is 32.2. The molecule has 134 valence electrons. The summed E-state index contributed by atoms with van der Waals surface area (Å²) in [6, 6.07) is 10.5. The Kier molecular flexibility index (Phi) is 5.76. The standard InChI is InChI=1S/C17H20FN3O3S/c1-12-4-5-14(10-16(12)18)19-11-17(22)20-13-6-8-15(9-7-13)25(23,24)21(2)3/h4-10,19H,11H2,1-3H3,(H,20,22). The van der Waals surface area contributed by atoms with Gasteiger partial charge in [0.05, 0.1) is 11.4 Å². The largest absolute Gasteiger partial charge is 0.376 e. The van der Waals surface area contributed by atoms with Crippen LogP contribution in [0.15, 0.2) is 47.4 Å². The van der Waals surface area contributed by atoms with E-state index in [0.717, 1.165) is 4.31 Å². The summed E-state index contributed by atoms with van der Waals surface area (Å²) in [5.74, 6) is -0.674. The molecule has 2 N–H and O–H groups in total. The highest BCUT2D eigenvalue weighted by Gasteiger charge is 2.16. The molecule has 8 heteroatoms. The fourth-order valence-corrected chi connectivity index (χ4v) is 2.91. The van der Waals surface area contributed by atoms with Crippen LogP contribution in [0.3, 0.4) is 0 Å². The third-order valence-corrected chi connectivity index (χ3v) is 5.37. The molecule has 2 aromatic carbocycles. The van der Waals surface area contributed by atoms with E-state index in [2.05, 4.69) is 10.6 Å². The van der Waals surface area contributed by atoms with Gasteiger partial charge in [-0.2, -0.15) is 0 Å². The number of carbonyl (C=O) groups excluding carboxylic acids is 1. The highest BCUT2D eigenvalue weighted by molar-refractivity contribution is 7.89. The smallest absolute Gasteiger partial charge is 0.243 e. The van der Waals surface area contributed by atoms with E-state index in [1.807, 2.05) is 0 Å². The number of rotatable bonds is 6. The lowest BCUT2D eigenvalue weighted by atomic mass is 10.2. The minimum absolute atomic E-state index is 0.0414. The van der Waals surface area contributed by atoms with Crippen LogP contribution in [-0.4, -0.2) is 39.3 Å². The van der Waals surface area contributed by atoms with Gasteiger partial charge in [-0.25, -0.2) is 17.1 Å². The van der Waals surface area contributed by atoms with Gasteiger partial charge in [0, 0.05) is 25.5 Å². The van der Waals surface area contributed by atoms with Crippen LogP contribution in [0, 0.1) is 12.7 Å². The summed E-state index contributed by atoms with van der Waals surface area (Å²) < 4.78 is 38.5. The molecule has 6 nitrogen and oxygen atoms in total. The number of carbonyl (C=O) groups is 1. The minimum atomic E-state index is -3.50. The van der Waals surface area contributed by atoms with Gasteiger partial charge in [-0.05, 0) is 48.9 Å². The van der Waals surface area contributed by atoms with Crippen molar-refractivity contribution >= 4 is 27.3 Å². The normalized spacial score (nSPS) is 11.4. The van der Waals surface area contributed by atoms with Crippen molar-refractivity contribution in [1.82, 2.24) is 4.31 Å². The maximum atomic E-state index is 13.4. The summed E-state index contributed by atoms with van der Waals surface area (Å²) in [5.41, 5.74) is 1.51. The van der Waals surface area contributed by atoms with E-state index >= 15 is 0 Å². The van der Waals surface area contributed by atoms with Crippen molar-refractivity contribution < 1.29 is 17.6 Å². The molecule has 2 aromatic rings. The average Bonchev–Trinajstić information content (AvgIpc) is 2.56. The number of amides is 1. The number of hydrogen-bond donors (Lipinski definition) is 2. The molecule has 1 amide bonds. The molecule has 0 saturated heterocycles. The summed E-state index contributed by atoms with van der Waals surface area (Å²) >= 11 is 0. The monoisotopic (exact) mass is 365 g/mol. The number of benzene rings is 2. The fraction of sp³-hybridized carbons (Fsp3) is 0.235. The summed E-state index contributed by atoms with van der Waals surface area (Å²) in [6.45, 7) is 1.62. The number of nitrogens with zero attached hydrogens (tertiary/aromatic N) is 1. The number of sulfonamides is 1. The second-order valence-corrected chi connectivity index (χ2v) is 7.83. The van der Waals surface area contributed by atoms with Gasteiger partial charge in [-0.3, -0.25) is 4.79 Å². The molecule has 0 saturated carbocycles. The third-order valence-electron chi connectivity index (χ3n) is 3.54. The van der Waals surface area contributed by atoms with Crippen LogP contribution >= 0.6 is 0 Å². The van der Waals surface area contributed by atoms with Gasteiger partial charge in [-0.1, -0.05) is 6.07 Å². The van der Waals surface area contributed by atoms with Gasteiger partial charge < -0.3 is 10.6 Å². The first-order valence-electron chi connectivity index (χ1n) is 7.52. The van der Waals surface area contributed by atoms with E-state index < -0.39 is 10.0 Å². The lowest BCUT2D eigenvalue weighted by Crippen LogP contribution is -2.23. The zero-order chi connectivity index (χ0) is 18.6. The van der Waals surface area contributed by atoms with Gasteiger partial charge in [0.25, 0.3) is 0 Å². The topological polar surface area (TPSA) is 78.5 Å². The van der Waals surface area contributed by atoms with E-state index in [4.69, 9.17) is 0 Å². The Morgan fingerprint density at radius 2 is 1.68 bits per heavy atom. The maximum Gasteiger partial charge on any atom is 0.243 e. The van der Waals surface area contributed by atoms with Crippen LogP contribution in [0.25, 0.3) is 0 Å². The van der Waals surface area contributed by atoms with Crippen molar-refractivity contribution in [3.8, 4) is 0 Å². The third kappa shape index (κ3) is 4.77. The van der Waals surface area contributed by atoms with Crippen molar-refractivity contribution in [3.05, 3.63) is 53.8 Å². The van der Waals surface area contributed by atoms with Crippen molar-refractivity contribution in [2.45, 2.75) is 11.8 Å². The molecular weight excluding hydrogens is 345 g/mol. The quantitative estimate of drug-likeness (QED) is 0.824. The molecule has 25 heavy (non-hydrogen) atoms. The predicted molar refractivity (Wildman–Crippen MR) is 95.6 cm³/mol. The Labute approximate surface area is 146 Å². The molecule has 0 aliphatic rings. The SMILES string of the molecule is Cc1ccc(NCC(=O)Nc2ccc(S(=O)(=O)N(C)C)cc2)cc1F. The van der Waals surface area contributed by atoms with Crippen molar-refractivity contribution in [2.75, 3.05) is 31.3 Å². The molecule has 0 aromatic heterocycles. The van der Waals surface area contributed by atoms with Crippen LogP contribution in [-0.2, 0) is 14.8 Å². The molecule has 0 radical (unpaired) electrons. The summed E-state index contributed by atoms with van der Waals surface area (Å²) in [7, 11) is -0.605. The summed E-state index contributed by atoms with van der Waals surface area (Å²) in [5, 5.41) is 5.47. The second-order valence-electron chi connectivity index (χ2n) is 5.68. The van der Waals surface area contributed by atoms with E-state index in [1.54, 1.807) is 19.1 Å². The Bertz CT molecular complexity index is 865.